The van der Waals surface area contributed by atoms with Crippen LogP contribution in [0.5, 0.6) is 17.2 Å². The number of nitrogen functional groups attached to an aromatic ring is 1. The SMILES string of the molecule is COc1cc(N)c(OC2CCCC2)cc1OC. The maximum absolute atomic E-state index is 5.94. The van der Waals surface area contributed by atoms with E-state index in [-0.39, 0.29) is 6.10 Å². The van der Waals surface area contributed by atoms with Gasteiger partial charge in [0.1, 0.15) is 5.75 Å². The molecule has 4 nitrogen and oxygen atoms in total. The van der Waals surface area contributed by atoms with Crippen LogP contribution in [0.25, 0.3) is 0 Å². The van der Waals surface area contributed by atoms with E-state index in [9.17, 15) is 0 Å². The molecular formula is C13H19NO3. The first-order valence-corrected chi connectivity index (χ1v) is 5.92. The van der Waals surface area contributed by atoms with Crippen LogP contribution in [0.3, 0.4) is 0 Å². The number of anilines is 1. The van der Waals surface area contributed by atoms with Crippen molar-refractivity contribution in [1.82, 2.24) is 0 Å². The van der Waals surface area contributed by atoms with Gasteiger partial charge in [-0.2, -0.15) is 0 Å². The van der Waals surface area contributed by atoms with E-state index < -0.39 is 0 Å². The zero-order valence-corrected chi connectivity index (χ0v) is 10.4. The molecule has 0 amide bonds. The van der Waals surface area contributed by atoms with Crippen molar-refractivity contribution in [3.8, 4) is 17.2 Å². The van der Waals surface area contributed by atoms with Gasteiger partial charge in [-0.05, 0) is 25.7 Å². The highest BCUT2D eigenvalue weighted by atomic mass is 16.5. The third-order valence-electron chi connectivity index (χ3n) is 3.11. The Bertz CT molecular complexity index is 386. The predicted octanol–water partition coefficient (Wildman–Crippen LogP) is 2.61. The van der Waals surface area contributed by atoms with Crippen LogP contribution >= 0.6 is 0 Å². The number of benzene rings is 1. The van der Waals surface area contributed by atoms with Gasteiger partial charge in [-0.1, -0.05) is 0 Å². The molecule has 17 heavy (non-hydrogen) atoms. The number of rotatable bonds is 4. The lowest BCUT2D eigenvalue weighted by atomic mass is 10.2. The monoisotopic (exact) mass is 237 g/mol. The molecule has 0 spiro atoms. The van der Waals surface area contributed by atoms with Gasteiger partial charge >= 0.3 is 0 Å². The number of ether oxygens (including phenoxy) is 3. The minimum absolute atomic E-state index is 0.287. The third kappa shape index (κ3) is 2.57. The Morgan fingerprint density at radius 3 is 2.18 bits per heavy atom. The van der Waals surface area contributed by atoms with Crippen molar-refractivity contribution in [3.63, 3.8) is 0 Å². The fourth-order valence-corrected chi connectivity index (χ4v) is 2.16. The van der Waals surface area contributed by atoms with Gasteiger partial charge in [0.25, 0.3) is 0 Å². The van der Waals surface area contributed by atoms with Crippen LogP contribution < -0.4 is 19.9 Å². The van der Waals surface area contributed by atoms with Crippen molar-refractivity contribution < 1.29 is 14.2 Å². The molecule has 0 bridgehead atoms. The average Bonchev–Trinajstić information content (AvgIpc) is 2.84. The van der Waals surface area contributed by atoms with Crippen molar-refractivity contribution in [2.24, 2.45) is 0 Å². The molecule has 1 aromatic rings. The average molecular weight is 237 g/mol. The molecule has 1 aliphatic rings. The molecule has 0 aliphatic heterocycles. The summed E-state index contributed by atoms with van der Waals surface area (Å²) < 4.78 is 16.3. The number of methoxy groups -OCH3 is 2. The van der Waals surface area contributed by atoms with Gasteiger partial charge < -0.3 is 19.9 Å². The molecule has 0 aromatic heterocycles. The van der Waals surface area contributed by atoms with Crippen LogP contribution in [0.4, 0.5) is 5.69 Å². The van der Waals surface area contributed by atoms with Crippen molar-refractivity contribution in [3.05, 3.63) is 12.1 Å². The van der Waals surface area contributed by atoms with Crippen molar-refractivity contribution in [1.29, 1.82) is 0 Å². The van der Waals surface area contributed by atoms with Gasteiger partial charge in [0, 0.05) is 12.1 Å². The third-order valence-corrected chi connectivity index (χ3v) is 3.11. The van der Waals surface area contributed by atoms with Crippen LogP contribution in [0.15, 0.2) is 12.1 Å². The molecule has 1 aromatic carbocycles. The number of hydrogen-bond acceptors (Lipinski definition) is 4. The van der Waals surface area contributed by atoms with Crippen LogP contribution in [0.1, 0.15) is 25.7 Å². The molecule has 0 unspecified atom stereocenters. The number of hydrogen-bond donors (Lipinski definition) is 1. The van der Waals surface area contributed by atoms with E-state index in [1.54, 1.807) is 26.4 Å². The molecule has 0 radical (unpaired) electrons. The summed E-state index contributed by atoms with van der Waals surface area (Å²) in [6, 6.07) is 3.54. The van der Waals surface area contributed by atoms with Gasteiger partial charge in [-0.25, -0.2) is 0 Å². The first kappa shape index (κ1) is 11.9. The Hall–Kier alpha value is -1.58. The lowest BCUT2D eigenvalue weighted by molar-refractivity contribution is 0.210. The first-order valence-electron chi connectivity index (χ1n) is 5.92. The Balaban J connectivity index is 2.20. The Morgan fingerprint density at radius 1 is 1.00 bits per heavy atom. The molecule has 2 N–H and O–H groups in total. The lowest BCUT2D eigenvalue weighted by Gasteiger charge is -2.17. The first-order chi connectivity index (χ1) is 8.24. The Kier molecular flexibility index (Phi) is 3.61. The smallest absolute Gasteiger partial charge is 0.164 e. The van der Waals surface area contributed by atoms with E-state index in [1.807, 2.05) is 0 Å². The summed E-state index contributed by atoms with van der Waals surface area (Å²) in [5.41, 5.74) is 6.53. The van der Waals surface area contributed by atoms with Gasteiger partial charge in [-0.3, -0.25) is 0 Å². The zero-order valence-electron chi connectivity index (χ0n) is 10.4. The van der Waals surface area contributed by atoms with Gasteiger partial charge in [0.05, 0.1) is 26.0 Å². The minimum Gasteiger partial charge on any atom is -0.493 e. The van der Waals surface area contributed by atoms with Crippen LogP contribution in [-0.2, 0) is 0 Å². The summed E-state index contributed by atoms with van der Waals surface area (Å²) in [5, 5.41) is 0. The summed E-state index contributed by atoms with van der Waals surface area (Å²) in [4.78, 5) is 0. The van der Waals surface area contributed by atoms with Crippen molar-refractivity contribution in [2.45, 2.75) is 31.8 Å². The largest absolute Gasteiger partial charge is 0.493 e. The quantitative estimate of drug-likeness (QED) is 0.818. The van der Waals surface area contributed by atoms with E-state index in [0.717, 1.165) is 12.8 Å². The number of nitrogens with two attached hydrogens (primary N) is 1. The molecule has 0 saturated heterocycles. The van der Waals surface area contributed by atoms with E-state index in [2.05, 4.69) is 0 Å². The Labute approximate surface area is 102 Å². The highest BCUT2D eigenvalue weighted by molar-refractivity contribution is 5.62. The van der Waals surface area contributed by atoms with E-state index in [4.69, 9.17) is 19.9 Å². The fraction of sp³-hybridized carbons (Fsp3) is 0.538. The standard InChI is InChI=1S/C13H19NO3/c1-15-12-7-10(14)11(8-13(12)16-2)17-9-5-3-4-6-9/h7-9H,3-6,14H2,1-2H3. The minimum atomic E-state index is 0.287. The molecular weight excluding hydrogens is 218 g/mol. The zero-order chi connectivity index (χ0) is 12.3. The van der Waals surface area contributed by atoms with Gasteiger partial charge in [-0.15, -0.1) is 0 Å². The second kappa shape index (κ2) is 5.17. The highest BCUT2D eigenvalue weighted by Gasteiger charge is 2.19. The molecule has 1 fully saturated rings. The summed E-state index contributed by atoms with van der Waals surface area (Å²) in [7, 11) is 3.20. The van der Waals surface area contributed by atoms with E-state index >= 15 is 0 Å². The second-order valence-electron chi connectivity index (χ2n) is 4.27. The molecule has 94 valence electrons. The van der Waals surface area contributed by atoms with E-state index in [0.29, 0.717) is 22.9 Å². The van der Waals surface area contributed by atoms with Crippen LogP contribution in [0.2, 0.25) is 0 Å². The normalized spacial score (nSPS) is 15.9. The molecule has 4 heteroatoms. The lowest BCUT2D eigenvalue weighted by Crippen LogP contribution is -2.12. The molecule has 0 atom stereocenters. The topological polar surface area (TPSA) is 53.7 Å². The maximum Gasteiger partial charge on any atom is 0.164 e. The molecule has 1 aliphatic carbocycles. The predicted molar refractivity (Wildman–Crippen MR) is 66.8 cm³/mol. The van der Waals surface area contributed by atoms with E-state index in [1.165, 1.54) is 12.8 Å². The van der Waals surface area contributed by atoms with Crippen molar-refractivity contribution in [2.75, 3.05) is 20.0 Å². The second-order valence-corrected chi connectivity index (χ2v) is 4.27. The fourth-order valence-electron chi connectivity index (χ4n) is 2.16. The van der Waals surface area contributed by atoms with Gasteiger partial charge in [0.15, 0.2) is 11.5 Å². The molecule has 2 rings (SSSR count). The molecule has 1 saturated carbocycles. The molecule has 0 heterocycles. The van der Waals surface area contributed by atoms with Gasteiger partial charge in [0.2, 0.25) is 0 Å². The summed E-state index contributed by atoms with van der Waals surface area (Å²) >= 11 is 0. The Morgan fingerprint density at radius 2 is 1.59 bits per heavy atom. The summed E-state index contributed by atoms with van der Waals surface area (Å²) in [6.45, 7) is 0. The van der Waals surface area contributed by atoms with Crippen LogP contribution in [0, 0.1) is 0 Å². The van der Waals surface area contributed by atoms with Crippen LogP contribution in [-0.4, -0.2) is 20.3 Å². The summed E-state index contributed by atoms with van der Waals surface area (Å²) in [5.74, 6) is 1.97. The highest BCUT2D eigenvalue weighted by Crippen LogP contribution is 2.37. The maximum atomic E-state index is 5.94. The van der Waals surface area contributed by atoms with Crippen molar-refractivity contribution >= 4 is 5.69 Å². The summed E-state index contributed by atoms with van der Waals surface area (Å²) in [6.07, 6.45) is 4.97.